The molecule has 11 heavy (non-hydrogen) atoms. The molecule has 0 aromatic carbocycles. The fraction of sp³-hybridized carbons (Fsp3) is 0.750. The van der Waals surface area contributed by atoms with Gasteiger partial charge in [-0.3, -0.25) is 0 Å². The van der Waals surface area contributed by atoms with Crippen molar-refractivity contribution in [1.82, 2.24) is 9.80 Å². The first kappa shape index (κ1) is 6.98. The summed E-state index contributed by atoms with van der Waals surface area (Å²) < 4.78 is 5.39. The highest BCUT2D eigenvalue weighted by Crippen LogP contribution is 2.12. The number of likely N-dealkylation sites (N-methyl/N-ethyl adjacent to an activating group) is 1. The molecule has 3 heteroatoms. The van der Waals surface area contributed by atoms with Crippen molar-refractivity contribution in [3.8, 4) is 0 Å². The normalized spacial score (nSPS) is 30.5. The van der Waals surface area contributed by atoms with Crippen molar-refractivity contribution in [2.45, 2.75) is 6.04 Å². The number of hydrogen-bond acceptors (Lipinski definition) is 3. The minimum atomic E-state index is 0.582. The van der Waals surface area contributed by atoms with E-state index in [1.54, 1.807) is 0 Å². The van der Waals surface area contributed by atoms with Crippen molar-refractivity contribution in [3.05, 3.63) is 12.4 Å². The summed E-state index contributed by atoms with van der Waals surface area (Å²) in [4.78, 5) is 4.57. The number of morpholine rings is 1. The van der Waals surface area contributed by atoms with Gasteiger partial charge >= 0.3 is 0 Å². The topological polar surface area (TPSA) is 15.7 Å². The molecule has 2 heterocycles. The van der Waals surface area contributed by atoms with Crippen LogP contribution in [-0.2, 0) is 4.74 Å². The molecule has 1 fully saturated rings. The summed E-state index contributed by atoms with van der Waals surface area (Å²) in [6.45, 7) is 3.91. The first-order valence-corrected chi connectivity index (χ1v) is 4.08. The maximum Gasteiger partial charge on any atom is 0.0694 e. The highest BCUT2D eigenvalue weighted by Gasteiger charge is 2.23. The lowest BCUT2D eigenvalue weighted by atomic mass is 10.2. The Kier molecular flexibility index (Phi) is 1.74. The summed E-state index contributed by atoms with van der Waals surface area (Å²) in [6, 6.07) is 0.582. The highest BCUT2D eigenvalue weighted by atomic mass is 16.5. The van der Waals surface area contributed by atoms with Crippen LogP contribution in [-0.4, -0.2) is 49.2 Å². The number of hydrogen-bond donors (Lipinski definition) is 0. The van der Waals surface area contributed by atoms with E-state index in [0.717, 1.165) is 26.3 Å². The Morgan fingerprint density at radius 2 is 2.36 bits per heavy atom. The Morgan fingerprint density at radius 1 is 1.45 bits per heavy atom. The summed E-state index contributed by atoms with van der Waals surface area (Å²) in [5.41, 5.74) is 0. The molecule has 1 saturated heterocycles. The lowest BCUT2D eigenvalue weighted by Gasteiger charge is -2.40. The molecule has 0 spiro atoms. The number of ether oxygens (including phenoxy) is 1. The summed E-state index contributed by atoms with van der Waals surface area (Å²) >= 11 is 0. The van der Waals surface area contributed by atoms with Crippen LogP contribution in [0, 0.1) is 0 Å². The molecule has 2 rings (SSSR count). The van der Waals surface area contributed by atoms with Gasteiger partial charge in [-0.05, 0) is 0 Å². The minimum Gasteiger partial charge on any atom is -0.377 e. The number of rotatable bonds is 0. The second-order valence-corrected chi connectivity index (χ2v) is 3.20. The van der Waals surface area contributed by atoms with Crippen LogP contribution < -0.4 is 0 Å². The van der Waals surface area contributed by atoms with Gasteiger partial charge in [0.1, 0.15) is 0 Å². The van der Waals surface area contributed by atoms with Crippen LogP contribution in [0.1, 0.15) is 0 Å². The predicted molar refractivity (Wildman–Crippen MR) is 43.1 cm³/mol. The summed E-state index contributed by atoms with van der Waals surface area (Å²) in [5, 5.41) is 0. The molecule has 0 amide bonds. The lowest BCUT2D eigenvalue weighted by Crippen LogP contribution is -2.49. The molecule has 0 aromatic rings. The minimum absolute atomic E-state index is 0.582. The standard InChI is InChI=1S/C8H14N2O/c1-9-2-3-10-4-5-11-7-8(10)6-9/h2-3,8H,4-7H2,1H3. The fourth-order valence-electron chi connectivity index (χ4n) is 1.61. The molecule has 2 aliphatic rings. The zero-order chi connectivity index (χ0) is 7.68. The maximum absolute atomic E-state index is 5.39. The maximum atomic E-state index is 5.39. The quantitative estimate of drug-likeness (QED) is 0.492. The number of fused-ring (bicyclic) bond motifs is 1. The number of nitrogens with zero attached hydrogens (tertiary/aromatic N) is 2. The van der Waals surface area contributed by atoms with Crippen LogP contribution in [0.3, 0.4) is 0 Å². The Labute approximate surface area is 67.2 Å². The van der Waals surface area contributed by atoms with Gasteiger partial charge in [-0.25, -0.2) is 0 Å². The zero-order valence-corrected chi connectivity index (χ0v) is 6.86. The fourth-order valence-corrected chi connectivity index (χ4v) is 1.61. The predicted octanol–water partition coefficient (Wildman–Crippen LogP) is 0.104. The van der Waals surface area contributed by atoms with Crippen molar-refractivity contribution in [2.75, 3.05) is 33.4 Å². The Balaban J connectivity index is 2.05. The van der Waals surface area contributed by atoms with E-state index >= 15 is 0 Å². The molecule has 62 valence electrons. The lowest BCUT2D eigenvalue weighted by molar-refractivity contribution is 0.00189. The first-order valence-electron chi connectivity index (χ1n) is 4.08. The molecule has 0 saturated carbocycles. The van der Waals surface area contributed by atoms with E-state index in [1.807, 2.05) is 0 Å². The summed E-state index contributed by atoms with van der Waals surface area (Å²) in [5.74, 6) is 0. The van der Waals surface area contributed by atoms with Gasteiger partial charge in [0.25, 0.3) is 0 Å². The molecule has 0 N–H and O–H groups in total. The van der Waals surface area contributed by atoms with Gasteiger partial charge in [-0.15, -0.1) is 0 Å². The SMILES string of the molecule is CN1C=CN2CCOCC2C1. The summed E-state index contributed by atoms with van der Waals surface area (Å²) in [6.07, 6.45) is 4.29. The molecule has 0 bridgehead atoms. The molecule has 1 atom stereocenters. The molecular weight excluding hydrogens is 140 g/mol. The van der Waals surface area contributed by atoms with Gasteiger partial charge in [0.15, 0.2) is 0 Å². The Morgan fingerprint density at radius 3 is 3.27 bits per heavy atom. The van der Waals surface area contributed by atoms with Crippen molar-refractivity contribution >= 4 is 0 Å². The van der Waals surface area contributed by atoms with Gasteiger partial charge in [-0.2, -0.15) is 0 Å². The average Bonchev–Trinajstić information content (AvgIpc) is 2.04. The van der Waals surface area contributed by atoms with E-state index in [4.69, 9.17) is 4.74 Å². The van der Waals surface area contributed by atoms with Crippen LogP contribution >= 0.6 is 0 Å². The van der Waals surface area contributed by atoms with Crippen LogP contribution in [0.25, 0.3) is 0 Å². The van der Waals surface area contributed by atoms with Gasteiger partial charge in [0.2, 0.25) is 0 Å². The van der Waals surface area contributed by atoms with E-state index in [2.05, 4.69) is 29.2 Å². The van der Waals surface area contributed by atoms with E-state index in [1.165, 1.54) is 0 Å². The Bertz CT molecular complexity index is 169. The van der Waals surface area contributed by atoms with Gasteiger partial charge in [0.05, 0.1) is 19.3 Å². The van der Waals surface area contributed by atoms with Crippen LogP contribution in [0.15, 0.2) is 12.4 Å². The Hall–Kier alpha value is -0.700. The van der Waals surface area contributed by atoms with Crippen LogP contribution in [0.5, 0.6) is 0 Å². The molecule has 1 unspecified atom stereocenters. The monoisotopic (exact) mass is 154 g/mol. The van der Waals surface area contributed by atoms with Crippen LogP contribution in [0.2, 0.25) is 0 Å². The summed E-state index contributed by atoms with van der Waals surface area (Å²) in [7, 11) is 2.10. The molecule has 0 aromatic heterocycles. The third kappa shape index (κ3) is 1.33. The van der Waals surface area contributed by atoms with E-state index in [0.29, 0.717) is 6.04 Å². The van der Waals surface area contributed by atoms with Crippen molar-refractivity contribution in [1.29, 1.82) is 0 Å². The smallest absolute Gasteiger partial charge is 0.0694 e. The van der Waals surface area contributed by atoms with Crippen molar-refractivity contribution in [2.24, 2.45) is 0 Å². The molecular formula is C8H14N2O. The van der Waals surface area contributed by atoms with Gasteiger partial charge in [-0.1, -0.05) is 0 Å². The van der Waals surface area contributed by atoms with Crippen molar-refractivity contribution < 1.29 is 4.74 Å². The molecule has 3 nitrogen and oxygen atoms in total. The van der Waals surface area contributed by atoms with E-state index in [-0.39, 0.29) is 0 Å². The van der Waals surface area contributed by atoms with Gasteiger partial charge in [0, 0.05) is 32.5 Å². The molecule has 0 aliphatic carbocycles. The van der Waals surface area contributed by atoms with E-state index in [9.17, 15) is 0 Å². The average molecular weight is 154 g/mol. The third-order valence-corrected chi connectivity index (χ3v) is 2.28. The highest BCUT2D eigenvalue weighted by molar-refractivity contribution is 4.94. The van der Waals surface area contributed by atoms with Crippen LogP contribution in [0.4, 0.5) is 0 Å². The van der Waals surface area contributed by atoms with Crippen molar-refractivity contribution in [3.63, 3.8) is 0 Å². The third-order valence-electron chi connectivity index (χ3n) is 2.28. The van der Waals surface area contributed by atoms with E-state index < -0.39 is 0 Å². The van der Waals surface area contributed by atoms with Gasteiger partial charge < -0.3 is 14.5 Å². The largest absolute Gasteiger partial charge is 0.377 e. The molecule has 0 radical (unpaired) electrons. The second kappa shape index (κ2) is 2.74. The zero-order valence-electron chi connectivity index (χ0n) is 6.86. The first-order chi connectivity index (χ1) is 5.36. The second-order valence-electron chi connectivity index (χ2n) is 3.20. The molecule has 2 aliphatic heterocycles.